The standard InChI is InChI=1S/C26H30N2O4S/c1-31-24-10-8-22(9-11-24)28(33(29,30)26-14-12-25(32-2)13-15-26)23-16-18-27(19-17-23)20-21-6-4-3-5-7-21/h3-15,23H,16-20H2,1-2H3. The van der Waals surface area contributed by atoms with Gasteiger partial charge in [0, 0.05) is 25.7 Å². The number of hydrogen-bond donors (Lipinski definition) is 0. The van der Waals surface area contributed by atoms with Gasteiger partial charge in [-0.1, -0.05) is 30.3 Å². The number of hydrogen-bond acceptors (Lipinski definition) is 5. The van der Waals surface area contributed by atoms with Gasteiger partial charge in [-0.15, -0.1) is 0 Å². The molecule has 1 heterocycles. The molecule has 7 heteroatoms. The summed E-state index contributed by atoms with van der Waals surface area (Å²) in [4.78, 5) is 2.64. The van der Waals surface area contributed by atoms with Gasteiger partial charge in [0.25, 0.3) is 10.0 Å². The van der Waals surface area contributed by atoms with E-state index in [1.165, 1.54) is 5.56 Å². The number of benzene rings is 3. The zero-order chi connectivity index (χ0) is 23.3. The maximum atomic E-state index is 13.8. The van der Waals surface area contributed by atoms with E-state index in [9.17, 15) is 8.42 Å². The molecule has 3 aromatic carbocycles. The van der Waals surface area contributed by atoms with Gasteiger partial charge in [-0.05, 0) is 66.9 Å². The zero-order valence-corrected chi connectivity index (χ0v) is 19.9. The van der Waals surface area contributed by atoms with E-state index in [0.717, 1.165) is 32.5 Å². The molecule has 0 saturated carbocycles. The van der Waals surface area contributed by atoms with Crippen LogP contribution in [0.4, 0.5) is 5.69 Å². The molecule has 1 aliphatic rings. The van der Waals surface area contributed by atoms with Crippen molar-refractivity contribution >= 4 is 15.7 Å². The first kappa shape index (κ1) is 23.1. The minimum absolute atomic E-state index is 0.127. The molecule has 33 heavy (non-hydrogen) atoms. The third-order valence-electron chi connectivity index (χ3n) is 6.08. The number of ether oxygens (including phenoxy) is 2. The van der Waals surface area contributed by atoms with E-state index in [1.807, 2.05) is 18.2 Å². The lowest BCUT2D eigenvalue weighted by Gasteiger charge is -2.39. The molecule has 0 atom stereocenters. The first-order valence-electron chi connectivity index (χ1n) is 11.1. The Morgan fingerprint density at radius 1 is 0.818 bits per heavy atom. The molecule has 3 aromatic rings. The maximum Gasteiger partial charge on any atom is 0.264 e. The number of anilines is 1. The summed E-state index contributed by atoms with van der Waals surface area (Å²) in [6.45, 7) is 2.55. The fourth-order valence-corrected chi connectivity index (χ4v) is 6.00. The molecule has 0 bridgehead atoms. The minimum atomic E-state index is -3.76. The van der Waals surface area contributed by atoms with E-state index in [4.69, 9.17) is 9.47 Å². The summed E-state index contributed by atoms with van der Waals surface area (Å²) >= 11 is 0. The van der Waals surface area contributed by atoms with Gasteiger partial charge in [0.2, 0.25) is 0 Å². The van der Waals surface area contributed by atoms with Crippen LogP contribution in [0.25, 0.3) is 0 Å². The molecule has 1 fully saturated rings. The predicted molar refractivity (Wildman–Crippen MR) is 130 cm³/mol. The van der Waals surface area contributed by atoms with Crippen molar-refractivity contribution in [2.45, 2.75) is 30.3 Å². The van der Waals surface area contributed by atoms with Crippen LogP contribution in [0.3, 0.4) is 0 Å². The van der Waals surface area contributed by atoms with Crippen molar-refractivity contribution in [1.29, 1.82) is 0 Å². The third-order valence-corrected chi connectivity index (χ3v) is 7.98. The van der Waals surface area contributed by atoms with Crippen molar-refractivity contribution in [3.05, 3.63) is 84.4 Å². The molecule has 0 unspecified atom stereocenters. The van der Waals surface area contributed by atoms with Crippen LogP contribution in [0.5, 0.6) is 11.5 Å². The van der Waals surface area contributed by atoms with Crippen LogP contribution in [-0.2, 0) is 16.6 Å². The number of rotatable bonds is 8. The highest BCUT2D eigenvalue weighted by molar-refractivity contribution is 7.92. The second-order valence-electron chi connectivity index (χ2n) is 8.17. The topological polar surface area (TPSA) is 59.1 Å². The van der Waals surface area contributed by atoms with Crippen LogP contribution in [-0.4, -0.2) is 46.7 Å². The van der Waals surface area contributed by atoms with Crippen LogP contribution in [0.1, 0.15) is 18.4 Å². The largest absolute Gasteiger partial charge is 0.497 e. The van der Waals surface area contributed by atoms with Crippen LogP contribution >= 0.6 is 0 Å². The molecule has 0 radical (unpaired) electrons. The lowest BCUT2D eigenvalue weighted by molar-refractivity contribution is 0.206. The van der Waals surface area contributed by atoms with Gasteiger partial charge in [0.15, 0.2) is 0 Å². The van der Waals surface area contributed by atoms with Gasteiger partial charge in [0.1, 0.15) is 11.5 Å². The van der Waals surface area contributed by atoms with E-state index in [-0.39, 0.29) is 10.9 Å². The maximum absolute atomic E-state index is 13.8. The summed E-state index contributed by atoms with van der Waals surface area (Å²) in [5, 5.41) is 0. The highest BCUT2D eigenvalue weighted by Gasteiger charge is 2.34. The highest BCUT2D eigenvalue weighted by Crippen LogP contribution is 2.32. The van der Waals surface area contributed by atoms with Crippen molar-refractivity contribution in [2.75, 3.05) is 31.6 Å². The van der Waals surface area contributed by atoms with Gasteiger partial charge in [-0.2, -0.15) is 0 Å². The second kappa shape index (κ2) is 10.3. The molecular weight excluding hydrogens is 436 g/mol. The van der Waals surface area contributed by atoms with Crippen LogP contribution in [0, 0.1) is 0 Å². The average Bonchev–Trinajstić information content (AvgIpc) is 2.86. The number of piperidine rings is 1. The molecular formula is C26H30N2O4S. The van der Waals surface area contributed by atoms with Crippen molar-refractivity contribution in [1.82, 2.24) is 4.90 Å². The monoisotopic (exact) mass is 466 g/mol. The summed E-state index contributed by atoms with van der Waals surface area (Å²) in [5.74, 6) is 1.32. The first-order chi connectivity index (χ1) is 16.0. The molecule has 174 valence electrons. The molecule has 0 spiro atoms. The molecule has 4 rings (SSSR count). The second-order valence-corrected chi connectivity index (χ2v) is 9.98. The predicted octanol–water partition coefficient (Wildman–Crippen LogP) is 4.56. The van der Waals surface area contributed by atoms with Gasteiger partial charge in [-0.3, -0.25) is 9.21 Å². The van der Waals surface area contributed by atoms with E-state index < -0.39 is 10.0 Å². The lowest BCUT2D eigenvalue weighted by Crippen LogP contribution is -2.47. The molecule has 0 amide bonds. The van der Waals surface area contributed by atoms with E-state index in [1.54, 1.807) is 54.9 Å². The Balaban J connectivity index is 1.59. The van der Waals surface area contributed by atoms with E-state index in [2.05, 4.69) is 29.2 Å². The van der Waals surface area contributed by atoms with Crippen LogP contribution in [0.2, 0.25) is 0 Å². The van der Waals surface area contributed by atoms with E-state index >= 15 is 0 Å². The molecule has 0 aromatic heterocycles. The Hall–Kier alpha value is -3.03. The molecule has 6 nitrogen and oxygen atoms in total. The fourth-order valence-electron chi connectivity index (χ4n) is 4.29. The average molecular weight is 467 g/mol. The quantitative estimate of drug-likeness (QED) is 0.487. The summed E-state index contributed by atoms with van der Waals surface area (Å²) in [5.41, 5.74) is 1.92. The zero-order valence-electron chi connectivity index (χ0n) is 19.1. The molecule has 0 aliphatic carbocycles. The van der Waals surface area contributed by atoms with Crippen LogP contribution < -0.4 is 13.8 Å². The Kier molecular flexibility index (Phi) is 7.20. The van der Waals surface area contributed by atoms with E-state index in [0.29, 0.717) is 17.2 Å². The molecule has 1 aliphatic heterocycles. The van der Waals surface area contributed by atoms with Crippen molar-refractivity contribution in [2.24, 2.45) is 0 Å². The summed E-state index contributed by atoms with van der Waals surface area (Å²) in [6, 6.07) is 24.1. The number of methoxy groups -OCH3 is 2. The lowest BCUT2D eigenvalue weighted by atomic mass is 10.0. The minimum Gasteiger partial charge on any atom is -0.497 e. The normalized spacial score (nSPS) is 15.2. The summed E-state index contributed by atoms with van der Waals surface area (Å²) in [7, 11) is -0.590. The van der Waals surface area contributed by atoms with Crippen molar-refractivity contribution < 1.29 is 17.9 Å². The number of nitrogens with zero attached hydrogens (tertiary/aromatic N) is 2. The Morgan fingerprint density at radius 2 is 1.36 bits per heavy atom. The smallest absolute Gasteiger partial charge is 0.264 e. The Morgan fingerprint density at radius 3 is 1.91 bits per heavy atom. The first-order valence-corrected chi connectivity index (χ1v) is 12.5. The Bertz CT molecular complexity index is 1130. The van der Waals surface area contributed by atoms with Gasteiger partial charge in [-0.25, -0.2) is 8.42 Å². The SMILES string of the molecule is COc1ccc(N(C2CCN(Cc3ccccc3)CC2)S(=O)(=O)c2ccc(OC)cc2)cc1. The third kappa shape index (κ3) is 5.31. The summed E-state index contributed by atoms with van der Waals surface area (Å²) < 4.78 is 39.7. The highest BCUT2D eigenvalue weighted by atomic mass is 32.2. The van der Waals surface area contributed by atoms with Crippen molar-refractivity contribution in [3.63, 3.8) is 0 Å². The molecule has 0 N–H and O–H groups in total. The van der Waals surface area contributed by atoms with Crippen LogP contribution in [0.15, 0.2) is 83.8 Å². The Labute approximate surface area is 196 Å². The summed E-state index contributed by atoms with van der Waals surface area (Å²) in [6.07, 6.45) is 1.52. The van der Waals surface area contributed by atoms with Gasteiger partial charge >= 0.3 is 0 Å². The van der Waals surface area contributed by atoms with Crippen molar-refractivity contribution in [3.8, 4) is 11.5 Å². The fraction of sp³-hybridized carbons (Fsp3) is 0.308. The van der Waals surface area contributed by atoms with Gasteiger partial charge in [0.05, 0.1) is 24.8 Å². The number of sulfonamides is 1. The number of likely N-dealkylation sites (tertiary alicyclic amines) is 1. The molecule has 1 saturated heterocycles. The van der Waals surface area contributed by atoms with Gasteiger partial charge < -0.3 is 9.47 Å².